The third-order valence-electron chi connectivity index (χ3n) is 5.42. The maximum Gasteiger partial charge on any atom is 0.278 e. The Labute approximate surface area is 199 Å². The Morgan fingerprint density at radius 1 is 1.03 bits per heavy atom. The fourth-order valence-corrected chi connectivity index (χ4v) is 4.01. The van der Waals surface area contributed by atoms with Crippen molar-refractivity contribution < 1.29 is 9.32 Å². The van der Waals surface area contributed by atoms with Gasteiger partial charge in [-0.25, -0.2) is 4.98 Å². The standard InChI is InChI=1S/C25H18ClN5O3/c1-14-7-8-15(24(32)27-21-9-10-34-30-21)11-18(14)19-12-16-13-31(2)29-23(22(16)28-25(19)33)17-5-3-4-6-20(17)26/h3-13H,1-2H3,(H,27,30,32). The van der Waals surface area contributed by atoms with Gasteiger partial charge in [0.2, 0.25) is 0 Å². The van der Waals surface area contributed by atoms with E-state index in [4.69, 9.17) is 16.1 Å². The largest absolute Gasteiger partial charge is 0.363 e. The van der Waals surface area contributed by atoms with Gasteiger partial charge in [-0.1, -0.05) is 41.0 Å². The van der Waals surface area contributed by atoms with Gasteiger partial charge in [0.25, 0.3) is 11.5 Å². The molecule has 0 atom stereocenters. The number of amides is 1. The number of rotatable bonds is 4. The minimum atomic E-state index is -0.423. The molecule has 3 aromatic rings. The first-order chi connectivity index (χ1) is 16.4. The number of aryl methyl sites for hydroxylation is 2. The van der Waals surface area contributed by atoms with Crippen LogP contribution in [0.3, 0.4) is 0 Å². The lowest BCUT2D eigenvalue weighted by molar-refractivity contribution is 0.102. The van der Waals surface area contributed by atoms with Crippen LogP contribution >= 0.6 is 11.6 Å². The summed E-state index contributed by atoms with van der Waals surface area (Å²) in [4.78, 5) is 30.2. The van der Waals surface area contributed by atoms with Crippen LogP contribution in [0, 0.1) is 6.92 Å². The maximum absolute atomic E-state index is 13.2. The molecule has 168 valence electrons. The number of aromatic nitrogens is 4. The van der Waals surface area contributed by atoms with Crippen LogP contribution in [-0.4, -0.2) is 25.8 Å². The Kier molecular flexibility index (Phi) is 5.43. The number of benzene rings is 2. The number of carbonyl (C=O) groups excluding carboxylic acids is 1. The minimum Gasteiger partial charge on any atom is -0.363 e. The predicted octanol–water partition coefficient (Wildman–Crippen LogP) is 4.82. The molecule has 0 bridgehead atoms. The summed E-state index contributed by atoms with van der Waals surface area (Å²) in [6.07, 6.45) is 3.16. The number of hydrogen-bond donors (Lipinski definition) is 1. The van der Waals surface area contributed by atoms with E-state index in [1.54, 1.807) is 54.3 Å². The van der Waals surface area contributed by atoms with Crippen molar-refractivity contribution in [1.82, 2.24) is 19.9 Å². The average Bonchev–Trinajstić information content (AvgIpc) is 3.32. The van der Waals surface area contributed by atoms with Crippen molar-refractivity contribution >= 4 is 23.3 Å². The van der Waals surface area contributed by atoms with Gasteiger partial charge in [0, 0.05) is 41.6 Å². The number of pyridine rings is 1. The number of halogens is 1. The SMILES string of the molecule is Cc1ccc(C(=O)Nc2ccon2)cc1-c1cc2cn(C)nc(-c3ccccc3Cl)c-2nc1=O. The Morgan fingerprint density at radius 2 is 1.85 bits per heavy atom. The molecule has 2 aliphatic heterocycles. The smallest absolute Gasteiger partial charge is 0.278 e. The third-order valence-corrected chi connectivity index (χ3v) is 5.75. The second-order valence-electron chi connectivity index (χ2n) is 7.78. The number of hydrogen-bond acceptors (Lipinski definition) is 6. The third kappa shape index (κ3) is 3.95. The second kappa shape index (κ2) is 8.57. The number of nitrogens with zero attached hydrogens (tertiary/aromatic N) is 4. The zero-order valence-electron chi connectivity index (χ0n) is 18.2. The first-order valence-corrected chi connectivity index (χ1v) is 10.7. The topological polar surface area (TPSA) is 103 Å². The van der Waals surface area contributed by atoms with E-state index in [9.17, 15) is 9.59 Å². The summed E-state index contributed by atoms with van der Waals surface area (Å²) >= 11 is 6.39. The highest BCUT2D eigenvalue weighted by molar-refractivity contribution is 6.33. The van der Waals surface area contributed by atoms with Gasteiger partial charge < -0.3 is 9.84 Å². The van der Waals surface area contributed by atoms with E-state index in [2.05, 4.69) is 20.6 Å². The van der Waals surface area contributed by atoms with E-state index in [0.29, 0.717) is 44.5 Å². The second-order valence-corrected chi connectivity index (χ2v) is 8.19. The monoisotopic (exact) mass is 471 g/mol. The van der Waals surface area contributed by atoms with Crippen LogP contribution in [0.15, 0.2) is 76.4 Å². The summed E-state index contributed by atoms with van der Waals surface area (Å²) in [7, 11) is 1.80. The van der Waals surface area contributed by atoms with Gasteiger partial charge in [-0.05, 0) is 42.3 Å². The molecule has 1 aromatic heterocycles. The molecule has 0 aliphatic carbocycles. The summed E-state index contributed by atoms with van der Waals surface area (Å²) in [6.45, 7) is 1.88. The highest BCUT2D eigenvalue weighted by atomic mass is 35.5. The minimum absolute atomic E-state index is 0.302. The van der Waals surface area contributed by atoms with Crippen LogP contribution in [0.25, 0.3) is 33.6 Å². The summed E-state index contributed by atoms with van der Waals surface area (Å²) in [5.74, 6) is -0.0657. The fraction of sp³-hybridized carbons (Fsp3) is 0.0800. The Bertz CT molecular complexity index is 1560. The van der Waals surface area contributed by atoms with Gasteiger partial charge in [-0.3, -0.25) is 14.3 Å². The van der Waals surface area contributed by atoms with E-state index in [1.807, 2.05) is 25.1 Å². The van der Waals surface area contributed by atoms with Crippen molar-refractivity contribution in [3.8, 4) is 33.6 Å². The van der Waals surface area contributed by atoms with E-state index >= 15 is 0 Å². The number of fused-ring (bicyclic) bond motifs is 1. The maximum atomic E-state index is 13.2. The quantitative estimate of drug-likeness (QED) is 0.403. The van der Waals surface area contributed by atoms with E-state index in [-0.39, 0.29) is 5.91 Å². The molecule has 0 radical (unpaired) electrons. The summed E-state index contributed by atoms with van der Waals surface area (Å²) in [5.41, 5.74) is 4.17. The molecular formula is C25H18ClN5O3. The zero-order chi connectivity index (χ0) is 23.8. The van der Waals surface area contributed by atoms with Crippen molar-refractivity contribution in [2.45, 2.75) is 6.92 Å². The van der Waals surface area contributed by atoms with Crippen molar-refractivity contribution in [2.75, 3.05) is 5.32 Å². The molecule has 0 saturated carbocycles. The Balaban J connectivity index is 1.63. The zero-order valence-corrected chi connectivity index (χ0v) is 19.0. The highest BCUT2D eigenvalue weighted by Gasteiger charge is 2.21. The van der Waals surface area contributed by atoms with Crippen LogP contribution in [0.4, 0.5) is 5.82 Å². The molecule has 1 amide bonds. The molecule has 2 aromatic carbocycles. The van der Waals surface area contributed by atoms with Crippen molar-refractivity contribution in [3.63, 3.8) is 0 Å². The lowest BCUT2D eigenvalue weighted by Gasteiger charge is -2.15. The molecule has 8 nitrogen and oxygen atoms in total. The lowest BCUT2D eigenvalue weighted by atomic mass is 9.96. The number of anilines is 1. The van der Waals surface area contributed by atoms with Gasteiger partial charge in [0.1, 0.15) is 17.7 Å². The Morgan fingerprint density at radius 3 is 2.62 bits per heavy atom. The van der Waals surface area contributed by atoms with Crippen molar-refractivity contribution in [3.05, 3.63) is 93.6 Å². The van der Waals surface area contributed by atoms with Crippen molar-refractivity contribution in [1.29, 1.82) is 0 Å². The van der Waals surface area contributed by atoms with Crippen LogP contribution in [0.1, 0.15) is 15.9 Å². The fourth-order valence-electron chi connectivity index (χ4n) is 3.78. The molecule has 2 aliphatic rings. The predicted molar refractivity (Wildman–Crippen MR) is 129 cm³/mol. The van der Waals surface area contributed by atoms with Gasteiger partial charge >= 0.3 is 0 Å². The number of carbonyl (C=O) groups is 1. The highest BCUT2D eigenvalue weighted by Crippen LogP contribution is 2.35. The summed E-state index contributed by atoms with van der Waals surface area (Å²) < 4.78 is 6.41. The first-order valence-electron chi connectivity index (χ1n) is 10.4. The summed E-state index contributed by atoms with van der Waals surface area (Å²) in [6, 6.07) is 15.8. The normalized spacial score (nSPS) is 11.0. The molecule has 5 rings (SSSR count). The molecule has 9 heteroatoms. The molecule has 0 fully saturated rings. The molecular weight excluding hydrogens is 454 g/mol. The molecule has 0 unspecified atom stereocenters. The average molecular weight is 472 g/mol. The molecule has 1 N–H and O–H groups in total. The summed E-state index contributed by atoms with van der Waals surface area (Å²) in [5, 5.41) is 11.4. The first kappa shape index (κ1) is 21.5. The molecule has 0 spiro atoms. The van der Waals surface area contributed by atoms with E-state index in [0.717, 1.165) is 11.1 Å². The number of nitrogens with one attached hydrogen (secondary N) is 1. The van der Waals surface area contributed by atoms with E-state index in [1.165, 1.54) is 6.26 Å². The molecule has 3 heterocycles. The van der Waals surface area contributed by atoms with Crippen LogP contribution < -0.4 is 10.9 Å². The van der Waals surface area contributed by atoms with E-state index < -0.39 is 5.56 Å². The Hall–Kier alpha value is -4.30. The van der Waals surface area contributed by atoms with Crippen LogP contribution in [0.5, 0.6) is 0 Å². The van der Waals surface area contributed by atoms with Crippen molar-refractivity contribution in [2.24, 2.45) is 7.05 Å². The lowest BCUT2D eigenvalue weighted by Crippen LogP contribution is -2.16. The molecule has 34 heavy (non-hydrogen) atoms. The van der Waals surface area contributed by atoms with Gasteiger partial charge in [-0.2, -0.15) is 5.10 Å². The van der Waals surface area contributed by atoms with Gasteiger partial charge in [-0.15, -0.1) is 0 Å². The van der Waals surface area contributed by atoms with Gasteiger partial charge in [0.15, 0.2) is 5.82 Å². The van der Waals surface area contributed by atoms with Crippen LogP contribution in [0.2, 0.25) is 5.02 Å². The van der Waals surface area contributed by atoms with Gasteiger partial charge in [0.05, 0.1) is 5.02 Å². The van der Waals surface area contributed by atoms with Crippen LogP contribution in [-0.2, 0) is 7.05 Å². The molecule has 0 saturated heterocycles.